The van der Waals surface area contributed by atoms with Gasteiger partial charge in [-0.3, -0.25) is 9.69 Å². The Balaban J connectivity index is 1.22. The van der Waals surface area contributed by atoms with Gasteiger partial charge in [0.2, 0.25) is 0 Å². The second-order valence-corrected chi connectivity index (χ2v) is 10.4. The van der Waals surface area contributed by atoms with E-state index >= 15 is 0 Å². The van der Waals surface area contributed by atoms with Crippen LogP contribution in [0.25, 0.3) is 10.6 Å². The van der Waals surface area contributed by atoms with Gasteiger partial charge < -0.3 is 10.1 Å². The molecule has 1 aliphatic heterocycles. The molecule has 0 radical (unpaired) electrons. The van der Waals surface area contributed by atoms with Gasteiger partial charge in [-0.05, 0) is 45.1 Å². The first kappa shape index (κ1) is 22.6. The van der Waals surface area contributed by atoms with Crippen molar-refractivity contribution < 1.29 is 14.3 Å². The Labute approximate surface area is 204 Å². The normalized spacial score (nSPS) is 24.0. The van der Waals surface area contributed by atoms with Crippen LogP contribution in [0.3, 0.4) is 0 Å². The molecule has 0 spiro atoms. The number of amides is 2. The van der Waals surface area contributed by atoms with Gasteiger partial charge in [0, 0.05) is 23.0 Å². The summed E-state index contributed by atoms with van der Waals surface area (Å²) in [7, 11) is 0. The third-order valence-electron chi connectivity index (χ3n) is 6.80. The Morgan fingerprint density at radius 1 is 1.03 bits per heavy atom. The lowest BCUT2D eigenvalue weighted by Crippen LogP contribution is -2.46. The second kappa shape index (κ2) is 9.22. The molecule has 1 atom stereocenters. The van der Waals surface area contributed by atoms with E-state index < -0.39 is 5.60 Å². The molecule has 1 saturated carbocycles. The number of nitrogens with one attached hydrogen (secondary N) is 1. The van der Waals surface area contributed by atoms with Crippen LogP contribution in [0.5, 0.6) is 0 Å². The summed E-state index contributed by atoms with van der Waals surface area (Å²) in [5.41, 5.74) is 1.97. The Morgan fingerprint density at radius 3 is 2.35 bits per heavy atom. The van der Waals surface area contributed by atoms with Gasteiger partial charge in [0.25, 0.3) is 5.91 Å². The van der Waals surface area contributed by atoms with Crippen LogP contribution in [0, 0.1) is 0 Å². The molecule has 1 N–H and O–H groups in total. The maximum atomic E-state index is 12.9. The minimum absolute atomic E-state index is 0.0763. The van der Waals surface area contributed by atoms with Crippen molar-refractivity contribution in [3.05, 3.63) is 77.3 Å². The van der Waals surface area contributed by atoms with Gasteiger partial charge in [-0.2, -0.15) is 0 Å². The van der Waals surface area contributed by atoms with E-state index in [9.17, 15) is 9.59 Å². The number of thiazole rings is 1. The molecule has 6 nitrogen and oxygen atoms in total. The molecule has 3 aromatic rings. The molecular weight excluding hydrogens is 446 g/mol. The number of hydrogen-bond donors (Lipinski definition) is 1. The van der Waals surface area contributed by atoms with Gasteiger partial charge >= 0.3 is 6.09 Å². The van der Waals surface area contributed by atoms with E-state index in [-0.39, 0.29) is 30.1 Å². The van der Waals surface area contributed by atoms with Crippen molar-refractivity contribution in [3.63, 3.8) is 0 Å². The minimum Gasteiger partial charge on any atom is -0.441 e. The number of nitrogens with zero attached hydrogens (tertiary/aromatic N) is 2. The summed E-state index contributed by atoms with van der Waals surface area (Å²) in [5.74, 6) is -0.134. The molecule has 5 rings (SSSR count). The fourth-order valence-corrected chi connectivity index (χ4v) is 5.99. The number of cyclic esters (lactones) is 1. The number of carbonyl (C=O) groups is 2. The molecule has 34 heavy (non-hydrogen) atoms. The lowest BCUT2D eigenvalue weighted by molar-refractivity contribution is 0.0663. The van der Waals surface area contributed by atoms with E-state index in [0.29, 0.717) is 5.69 Å². The van der Waals surface area contributed by atoms with E-state index in [2.05, 4.69) is 22.4 Å². The van der Waals surface area contributed by atoms with Crippen LogP contribution in [0.1, 0.15) is 61.6 Å². The van der Waals surface area contributed by atoms with E-state index in [1.807, 2.05) is 72.7 Å². The second-order valence-electron chi connectivity index (χ2n) is 9.57. The molecule has 2 aliphatic rings. The van der Waals surface area contributed by atoms with Gasteiger partial charge in [-0.1, -0.05) is 60.7 Å². The van der Waals surface area contributed by atoms with Gasteiger partial charge in [-0.15, -0.1) is 11.3 Å². The Kier molecular flexibility index (Phi) is 6.13. The molecule has 2 amide bonds. The standard InChI is InChI=1S/C27H29N3O3S/c1-27(2)23(18-9-5-3-6-10-18)30(26(32)33-27)21-15-13-20(14-16-21)28-24(31)22-17-34-25(29-22)19-11-7-4-8-12-19/h3-12,17,20-21,23H,13-16H2,1-2H3,(H,28,31)/t20-,21-,23-/m0/s1. The molecule has 2 heterocycles. The third kappa shape index (κ3) is 4.44. The van der Waals surface area contributed by atoms with Crippen LogP contribution in [0.4, 0.5) is 4.79 Å². The minimum atomic E-state index is -0.593. The molecule has 0 unspecified atom stereocenters. The highest BCUT2D eigenvalue weighted by Crippen LogP contribution is 2.44. The van der Waals surface area contributed by atoms with Crippen LogP contribution in [0.15, 0.2) is 66.0 Å². The summed E-state index contributed by atoms with van der Waals surface area (Å²) in [5, 5.41) is 5.81. The van der Waals surface area contributed by atoms with Crippen molar-refractivity contribution in [2.45, 2.75) is 63.3 Å². The Hall–Kier alpha value is -3.19. The zero-order valence-electron chi connectivity index (χ0n) is 19.4. The van der Waals surface area contributed by atoms with Crippen molar-refractivity contribution in [2.24, 2.45) is 0 Å². The summed E-state index contributed by atoms with van der Waals surface area (Å²) in [6, 6.07) is 20.0. The van der Waals surface area contributed by atoms with E-state index in [4.69, 9.17) is 4.74 Å². The van der Waals surface area contributed by atoms with Crippen molar-refractivity contribution in [3.8, 4) is 10.6 Å². The summed E-state index contributed by atoms with van der Waals surface area (Å²) in [6.45, 7) is 3.96. The molecule has 2 aromatic carbocycles. The Morgan fingerprint density at radius 2 is 1.68 bits per heavy atom. The Bertz CT molecular complexity index is 1150. The lowest BCUT2D eigenvalue weighted by Gasteiger charge is -2.38. The summed E-state index contributed by atoms with van der Waals surface area (Å²) >= 11 is 1.48. The van der Waals surface area contributed by atoms with Crippen LogP contribution in [0.2, 0.25) is 0 Å². The highest BCUT2D eigenvalue weighted by atomic mass is 32.1. The summed E-state index contributed by atoms with van der Waals surface area (Å²) in [4.78, 5) is 32.1. The number of rotatable bonds is 5. The van der Waals surface area contributed by atoms with Gasteiger partial charge in [-0.25, -0.2) is 9.78 Å². The lowest BCUT2D eigenvalue weighted by atomic mass is 9.86. The maximum Gasteiger partial charge on any atom is 0.411 e. The first-order valence-corrected chi connectivity index (χ1v) is 12.7. The van der Waals surface area contributed by atoms with Crippen molar-refractivity contribution in [1.82, 2.24) is 15.2 Å². The first-order chi connectivity index (χ1) is 16.4. The van der Waals surface area contributed by atoms with Crippen molar-refractivity contribution in [2.75, 3.05) is 0 Å². The predicted octanol–water partition coefficient (Wildman–Crippen LogP) is 5.82. The average molecular weight is 476 g/mol. The fourth-order valence-electron chi connectivity index (χ4n) is 5.18. The average Bonchev–Trinajstić information content (AvgIpc) is 3.43. The van der Waals surface area contributed by atoms with Crippen LogP contribution in [-0.2, 0) is 4.74 Å². The van der Waals surface area contributed by atoms with Crippen LogP contribution >= 0.6 is 11.3 Å². The van der Waals surface area contributed by atoms with Gasteiger partial charge in [0.15, 0.2) is 0 Å². The quantitative estimate of drug-likeness (QED) is 0.504. The summed E-state index contributed by atoms with van der Waals surface area (Å²) in [6.07, 6.45) is 3.04. The maximum absolute atomic E-state index is 12.9. The molecular formula is C27H29N3O3S. The fraction of sp³-hybridized carbons (Fsp3) is 0.370. The SMILES string of the molecule is CC1(C)OC(=O)N([C@H]2CC[C@H](NC(=O)c3csc(-c4ccccc4)n3)CC2)[C@H]1c1ccccc1. The van der Waals surface area contributed by atoms with Crippen molar-refractivity contribution in [1.29, 1.82) is 0 Å². The number of benzene rings is 2. The highest BCUT2D eigenvalue weighted by Gasteiger charge is 2.51. The highest BCUT2D eigenvalue weighted by molar-refractivity contribution is 7.13. The predicted molar refractivity (Wildman–Crippen MR) is 133 cm³/mol. The van der Waals surface area contributed by atoms with E-state index in [1.54, 1.807) is 0 Å². The number of aromatic nitrogens is 1. The molecule has 2 fully saturated rings. The zero-order chi connectivity index (χ0) is 23.7. The smallest absolute Gasteiger partial charge is 0.411 e. The van der Waals surface area contributed by atoms with E-state index in [0.717, 1.165) is 41.8 Å². The molecule has 7 heteroatoms. The largest absolute Gasteiger partial charge is 0.441 e. The van der Waals surface area contributed by atoms with Gasteiger partial charge in [0.05, 0.1) is 6.04 Å². The number of hydrogen-bond acceptors (Lipinski definition) is 5. The van der Waals surface area contributed by atoms with E-state index in [1.165, 1.54) is 11.3 Å². The van der Waals surface area contributed by atoms with Crippen LogP contribution < -0.4 is 5.32 Å². The molecule has 1 saturated heterocycles. The number of ether oxygens (including phenoxy) is 1. The van der Waals surface area contributed by atoms with Gasteiger partial charge in [0.1, 0.15) is 16.3 Å². The first-order valence-electron chi connectivity index (χ1n) is 11.8. The third-order valence-corrected chi connectivity index (χ3v) is 7.69. The monoisotopic (exact) mass is 475 g/mol. The van der Waals surface area contributed by atoms with Crippen molar-refractivity contribution >= 4 is 23.3 Å². The molecule has 1 aromatic heterocycles. The molecule has 176 valence electrons. The molecule has 1 aliphatic carbocycles. The zero-order valence-corrected chi connectivity index (χ0v) is 20.3. The molecule has 0 bridgehead atoms. The summed E-state index contributed by atoms with van der Waals surface area (Å²) < 4.78 is 5.78. The number of carbonyl (C=O) groups excluding carboxylic acids is 2. The van der Waals surface area contributed by atoms with Crippen LogP contribution in [-0.4, -0.2) is 39.6 Å². The topological polar surface area (TPSA) is 71.5 Å².